The first kappa shape index (κ1) is 7.57. The van der Waals surface area contributed by atoms with Crippen LogP contribution in [0.1, 0.15) is 10.4 Å². The van der Waals surface area contributed by atoms with Crippen LogP contribution in [0.25, 0.3) is 0 Å². The SMILES string of the molecule is Cc1sccc1C1=NNN(C)N1. The normalized spacial score (nSPS) is 17.0. The minimum absolute atomic E-state index is 0.885. The number of rotatable bonds is 1. The Morgan fingerprint density at radius 1 is 1.58 bits per heavy atom. The Kier molecular flexibility index (Phi) is 1.74. The highest BCUT2D eigenvalue weighted by Crippen LogP contribution is 2.15. The number of hydrogen-bond acceptors (Lipinski definition) is 5. The van der Waals surface area contributed by atoms with Crippen LogP contribution < -0.4 is 11.0 Å². The first-order chi connectivity index (χ1) is 5.77. The molecule has 0 saturated carbocycles. The first-order valence-corrected chi connectivity index (χ1v) is 4.53. The summed E-state index contributed by atoms with van der Waals surface area (Å²) in [5, 5.41) is 7.89. The molecule has 1 aliphatic rings. The van der Waals surface area contributed by atoms with Crippen molar-refractivity contribution in [3.05, 3.63) is 21.9 Å². The summed E-state index contributed by atoms with van der Waals surface area (Å²) in [4.78, 5) is 1.28. The van der Waals surface area contributed by atoms with E-state index in [1.807, 2.05) is 7.05 Å². The quantitative estimate of drug-likeness (QED) is 0.670. The van der Waals surface area contributed by atoms with Gasteiger partial charge in [-0.2, -0.15) is 0 Å². The zero-order chi connectivity index (χ0) is 8.55. The summed E-state index contributed by atoms with van der Waals surface area (Å²) in [5.41, 5.74) is 7.04. The molecule has 2 heterocycles. The lowest BCUT2D eigenvalue weighted by Gasteiger charge is -2.07. The smallest absolute Gasteiger partial charge is 0.171 e. The standard InChI is InChI=1S/C7H10N4S/c1-5-6(3-4-12-5)7-8-10-11(2)9-7/h3-4,10H,1-2H3,(H,8,9). The van der Waals surface area contributed by atoms with E-state index in [1.165, 1.54) is 4.88 Å². The number of hydrazine groups is 2. The molecular formula is C7H10N4S. The number of aryl methyl sites for hydroxylation is 1. The largest absolute Gasteiger partial charge is 0.282 e. The molecular weight excluding hydrogens is 172 g/mol. The molecule has 2 rings (SSSR count). The lowest BCUT2D eigenvalue weighted by Crippen LogP contribution is -2.37. The fourth-order valence-electron chi connectivity index (χ4n) is 1.08. The molecule has 0 fully saturated rings. The molecule has 0 radical (unpaired) electrons. The van der Waals surface area contributed by atoms with Crippen molar-refractivity contribution in [1.82, 2.24) is 16.1 Å². The Bertz CT molecular complexity index is 317. The molecule has 0 spiro atoms. The lowest BCUT2D eigenvalue weighted by molar-refractivity contribution is 0.232. The second kappa shape index (κ2) is 2.76. The van der Waals surface area contributed by atoms with Gasteiger partial charge in [-0.1, -0.05) is 0 Å². The van der Waals surface area contributed by atoms with E-state index in [1.54, 1.807) is 16.5 Å². The van der Waals surface area contributed by atoms with Gasteiger partial charge >= 0.3 is 0 Å². The molecule has 0 bridgehead atoms. The lowest BCUT2D eigenvalue weighted by atomic mass is 10.2. The van der Waals surface area contributed by atoms with Crippen molar-refractivity contribution in [1.29, 1.82) is 0 Å². The first-order valence-electron chi connectivity index (χ1n) is 3.65. The van der Waals surface area contributed by atoms with Gasteiger partial charge in [0.05, 0.1) is 0 Å². The molecule has 0 amide bonds. The number of hydrogen-bond donors (Lipinski definition) is 2. The predicted molar refractivity (Wildman–Crippen MR) is 49.6 cm³/mol. The van der Waals surface area contributed by atoms with Crippen LogP contribution >= 0.6 is 11.3 Å². The maximum atomic E-state index is 4.11. The van der Waals surface area contributed by atoms with Crippen LogP contribution in [-0.2, 0) is 0 Å². The van der Waals surface area contributed by atoms with Gasteiger partial charge in [-0.25, -0.2) is 5.53 Å². The van der Waals surface area contributed by atoms with Crippen LogP contribution in [0.2, 0.25) is 0 Å². The van der Waals surface area contributed by atoms with Gasteiger partial charge in [-0.3, -0.25) is 5.43 Å². The number of hydrazone groups is 1. The summed E-state index contributed by atoms with van der Waals surface area (Å²) in [7, 11) is 1.87. The average molecular weight is 182 g/mol. The topological polar surface area (TPSA) is 39.7 Å². The van der Waals surface area contributed by atoms with Gasteiger partial charge in [0.1, 0.15) is 0 Å². The van der Waals surface area contributed by atoms with Crippen LogP contribution in [0.3, 0.4) is 0 Å². The molecule has 0 aromatic carbocycles. The summed E-state index contributed by atoms with van der Waals surface area (Å²) in [6, 6.07) is 2.06. The molecule has 0 unspecified atom stereocenters. The van der Waals surface area contributed by atoms with Crippen molar-refractivity contribution in [2.45, 2.75) is 6.92 Å². The summed E-state index contributed by atoms with van der Waals surface area (Å²) < 4.78 is 0. The Morgan fingerprint density at radius 2 is 2.42 bits per heavy atom. The van der Waals surface area contributed by atoms with E-state index >= 15 is 0 Å². The number of nitrogens with zero attached hydrogens (tertiary/aromatic N) is 2. The van der Waals surface area contributed by atoms with Gasteiger partial charge in [0.15, 0.2) is 5.84 Å². The van der Waals surface area contributed by atoms with Crippen LogP contribution in [0.5, 0.6) is 0 Å². The highest BCUT2D eigenvalue weighted by molar-refractivity contribution is 7.10. The third-order valence-corrected chi connectivity index (χ3v) is 2.54. The van der Waals surface area contributed by atoms with Crippen molar-refractivity contribution >= 4 is 17.2 Å². The molecule has 1 aliphatic heterocycles. The molecule has 4 nitrogen and oxygen atoms in total. The average Bonchev–Trinajstić information content (AvgIpc) is 2.58. The summed E-state index contributed by atoms with van der Waals surface area (Å²) >= 11 is 1.73. The van der Waals surface area contributed by atoms with Crippen molar-refractivity contribution in [3.8, 4) is 0 Å². The third-order valence-electron chi connectivity index (χ3n) is 1.70. The van der Waals surface area contributed by atoms with Crippen LogP contribution in [0, 0.1) is 6.92 Å². The highest BCUT2D eigenvalue weighted by Gasteiger charge is 2.14. The van der Waals surface area contributed by atoms with E-state index in [2.05, 4.69) is 34.4 Å². The van der Waals surface area contributed by atoms with Gasteiger partial charge in [-0.15, -0.1) is 21.6 Å². The molecule has 0 saturated heterocycles. The van der Waals surface area contributed by atoms with Crippen LogP contribution in [0.15, 0.2) is 16.5 Å². The van der Waals surface area contributed by atoms with Crippen molar-refractivity contribution in [2.75, 3.05) is 7.05 Å². The minimum Gasteiger partial charge on any atom is -0.282 e. The third kappa shape index (κ3) is 1.17. The molecule has 64 valence electrons. The van der Waals surface area contributed by atoms with Gasteiger partial charge in [0, 0.05) is 17.5 Å². The Labute approximate surface area is 74.8 Å². The minimum atomic E-state index is 0.885. The van der Waals surface area contributed by atoms with E-state index in [0.29, 0.717) is 0 Å². The molecule has 1 aromatic heterocycles. The Hall–Kier alpha value is -1.07. The maximum absolute atomic E-state index is 4.11. The zero-order valence-corrected chi connectivity index (χ0v) is 7.77. The highest BCUT2D eigenvalue weighted by atomic mass is 32.1. The number of thiophene rings is 1. The molecule has 0 atom stereocenters. The monoisotopic (exact) mass is 182 g/mol. The summed E-state index contributed by atoms with van der Waals surface area (Å²) in [6.07, 6.45) is 0. The maximum Gasteiger partial charge on any atom is 0.171 e. The fraction of sp³-hybridized carbons (Fsp3) is 0.286. The Morgan fingerprint density at radius 3 is 2.92 bits per heavy atom. The Balaban J connectivity index is 2.27. The van der Waals surface area contributed by atoms with E-state index in [4.69, 9.17) is 0 Å². The van der Waals surface area contributed by atoms with Gasteiger partial charge in [-0.05, 0) is 18.4 Å². The summed E-state index contributed by atoms with van der Waals surface area (Å²) in [6.45, 7) is 2.09. The molecule has 5 heteroatoms. The fourth-order valence-corrected chi connectivity index (χ4v) is 1.78. The summed E-state index contributed by atoms with van der Waals surface area (Å²) in [5.74, 6) is 0.885. The second-order valence-electron chi connectivity index (χ2n) is 2.62. The molecule has 2 N–H and O–H groups in total. The van der Waals surface area contributed by atoms with Gasteiger partial charge in [0.2, 0.25) is 0 Å². The second-order valence-corrected chi connectivity index (χ2v) is 3.74. The zero-order valence-electron chi connectivity index (χ0n) is 6.96. The van der Waals surface area contributed by atoms with Gasteiger partial charge in [0.25, 0.3) is 0 Å². The number of amidine groups is 1. The van der Waals surface area contributed by atoms with Crippen LogP contribution in [-0.4, -0.2) is 18.0 Å². The number of nitrogens with one attached hydrogen (secondary N) is 2. The van der Waals surface area contributed by atoms with Crippen molar-refractivity contribution in [3.63, 3.8) is 0 Å². The van der Waals surface area contributed by atoms with Crippen molar-refractivity contribution in [2.24, 2.45) is 5.10 Å². The molecule has 12 heavy (non-hydrogen) atoms. The molecule has 0 aliphatic carbocycles. The van der Waals surface area contributed by atoms with Crippen molar-refractivity contribution < 1.29 is 0 Å². The van der Waals surface area contributed by atoms with E-state index in [-0.39, 0.29) is 0 Å². The van der Waals surface area contributed by atoms with E-state index < -0.39 is 0 Å². The predicted octanol–water partition coefficient (Wildman–Crippen LogP) is 0.673. The molecule has 1 aromatic rings. The van der Waals surface area contributed by atoms with Gasteiger partial charge < -0.3 is 0 Å². The van der Waals surface area contributed by atoms with Crippen LogP contribution in [0.4, 0.5) is 0 Å². The van der Waals surface area contributed by atoms with E-state index in [9.17, 15) is 0 Å². The van der Waals surface area contributed by atoms with E-state index in [0.717, 1.165) is 11.4 Å².